The molecule has 2 aromatic carbocycles. The zero-order valence-corrected chi connectivity index (χ0v) is 18.4. The fraction of sp³-hybridized carbons (Fsp3) is 0.238. The summed E-state index contributed by atoms with van der Waals surface area (Å²) in [6, 6.07) is 9.32. The number of carbonyl (C=O) groups is 1. The normalized spacial score (nSPS) is 10.8. The molecule has 146 valence electrons. The van der Waals surface area contributed by atoms with E-state index < -0.39 is 0 Å². The van der Waals surface area contributed by atoms with Gasteiger partial charge >= 0.3 is 0 Å². The van der Waals surface area contributed by atoms with E-state index in [-0.39, 0.29) is 12.5 Å². The molecule has 0 radical (unpaired) electrons. The maximum Gasteiger partial charge on any atom is 0.230 e. The third-order valence-corrected chi connectivity index (χ3v) is 5.66. The molecule has 3 aromatic rings. The van der Waals surface area contributed by atoms with Crippen molar-refractivity contribution in [2.45, 2.75) is 34.3 Å². The number of benzene rings is 2. The Morgan fingerprint density at radius 3 is 2.32 bits per heavy atom. The zero-order valence-electron chi connectivity index (χ0n) is 16.0. The van der Waals surface area contributed by atoms with Crippen LogP contribution in [0.3, 0.4) is 0 Å². The van der Waals surface area contributed by atoms with E-state index in [9.17, 15) is 4.79 Å². The molecule has 0 N–H and O–H groups in total. The number of aromatic nitrogens is 1. The average molecular weight is 435 g/mol. The quantitative estimate of drug-likeness (QED) is 0.451. The predicted octanol–water partition coefficient (Wildman–Crippen LogP) is 6.64. The molecule has 7 heteroatoms. The van der Waals surface area contributed by atoms with Crippen molar-refractivity contribution in [3.8, 4) is 5.75 Å². The van der Waals surface area contributed by atoms with Gasteiger partial charge in [-0.15, -0.1) is 11.3 Å². The molecule has 0 unspecified atom stereocenters. The number of thiazole rings is 1. The van der Waals surface area contributed by atoms with E-state index in [1.165, 1.54) is 11.3 Å². The summed E-state index contributed by atoms with van der Waals surface area (Å²) in [5.41, 5.74) is 4.79. The van der Waals surface area contributed by atoms with Gasteiger partial charge in [0, 0.05) is 12.3 Å². The molecule has 0 aliphatic heterocycles. The SMILES string of the molecule is CC(=O)N(c1nc(COc2c(Cl)cccc2Cl)cs1)c1c(C)cc(C)cc1C. The minimum Gasteiger partial charge on any atom is -0.484 e. The number of para-hydroxylation sites is 1. The molecule has 28 heavy (non-hydrogen) atoms. The first kappa shape index (κ1) is 20.6. The Morgan fingerprint density at radius 1 is 1.14 bits per heavy atom. The molecule has 0 aliphatic carbocycles. The number of nitrogens with zero attached hydrogens (tertiary/aromatic N) is 2. The second-order valence-corrected chi connectivity index (χ2v) is 8.21. The Morgan fingerprint density at radius 2 is 1.75 bits per heavy atom. The highest BCUT2D eigenvalue weighted by molar-refractivity contribution is 7.14. The molecule has 0 fully saturated rings. The van der Waals surface area contributed by atoms with Crippen molar-refractivity contribution in [3.05, 3.63) is 68.1 Å². The highest BCUT2D eigenvalue weighted by Crippen LogP contribution is 2.36. The predicted molar refractivity (Wildman–Crippen MR) is 116 cm³/mol. The molecule has 1 aromatic heterocycles. The number of amides is 1. The number of ether oxygens (including phenoxy) is 1. The summed E-state index contributed by atoms with van der Waals surface area (Å²) in [5, 5.41) is 3.36. The van der Waals surface area contributed by atoms with Gasteiger partial charge in [-0.2, -0.15) is 0 Å². The van der Waals surface area contributed by atoms with Crippen molar-refractivity contribution in [1.82, 2.24) is 4.98 Å². The van der Waals surface area contributed by atoms with Crippen LogP contribution in [0.4, 0.5) is 10.8 Å². The summed E-state index contributed by atoms with van der Waals surface area (Å²) in [6.45, 7) is 7.79. The maximum absolute atomic E-state index is 12.4. The number of aryl methyl sites for hydroxylation is 3. The Bertz CT molecular complexity index is 990. The minimum atomic E-state index is -0.0916. The van der Waals surface area contributed by atoms with E-state index in [0.717, 1.165) is 22.4 Å². The van der Waals surface area contributed by atoms with Crippen LogP contribution < -0.4 is 9.64 Å². The van der Waals surface area contributed by atoms with Crippen LogP contribution in [0, 0.1) is 20.8 Å². The van der Waals surface area contributed by atoms with Crippen LogP contribution in [-0.2, 0) is 11.4 Å². The Hall–Kier alpha value is -2.08. The summed E-state index contributed by atoms with van der Waals surface area (Å²) < 4.78 is 5.75. The topological polar surface area (TPSA) is 42.4 Å². The molecule has 1 amide bonds. The third kappa shape index (κ3) is 4.32. The number of carbonyl (C=O) groups excluding carboxylic acids is 1. The van der Waals surface area contributed by atoms with Crippen LogP contribution in [-0.4, -0.2) is 10.9 Å². The molecule has 3 rings (SSSR count). The number of hydrogen-bond donors (Lipinski definition) is 0. The molecule has 0 saturated heterocycles. The van der Waals surface area contributed by atoms with Gasteiger partial charge in [-0.25, -0.2) is 4.98 Å². The zero-order chi connectivity index (χ0) is 20.4. The Labute approximate surface area is 178 Å². The Kier molecular flexibility index (Phi) is 6.28. The maximum atomic E-state index is 12.4. The lowest BCUT2D eigenvalue weighted by Gasteiger charge is -2.23. The van der Waals surface area contributed by atoms with Crippen LogP contribution in [0.5, 0.6) is 5.75 Å². The van der Waals surface area contributed by atoms with Crippen LogP contribution in [0.2, 0.25) is 10.0 Å². The van der Waals surface area contributed by atoms with Crippen LogP contribution in [0.1, 0.15) is 29.3 Å². The second-order valence-electron chi connectivity index (χ2n) is 6.56. The molecule has 0 atom stereocenters. The van der Waals surface area contributed by atoms with Crippen molar-refractivity contribution >= 4 is 51.3 Å². The first-order valence-electron chi connectivity index (χ1n) is 8.67. The van der Waals surface area contributed by atoms with Crippen molar-refractivity contribution in [1.29, 1.82) is 0 Å². The fourth-order valence-electron chi connectivity index (χ4n) is 3.14. The van der Waals surface area contributed by atoms with Gasteiger partial charge in [0.15, 0.2) is 10.9 Å². The number of anilines is 2. The molecular formula is C21H20Cl2N2O2S. The highest BCUT2D eigenvalue weighted by Gasteiger charge is 2.22. The summed E-state index contributed by atoms with van der Waals surface area (Å²) in [6.07, 6.45) is 0. The average Bonchev–Trinajstić information content (AvgIpc) is 3.05. The number of hydrogen-bond acceptors (Lipinski definition) is 4. The van der Waals surface area contributed by atoms with Gasteiger partial charge in [0.05, 0.1) is 21.4 Å². The van der Waals surface area contributed by atoms with Crippen LogP contribution in [0.25, 0.3) is 0 Å². The van der Waals surface area contributed by atoms with E-state index >= 15 is 0 Å². The lowest BCUT2D eigenvalue weighted by atomic mass is 10.0. The molecular weight excluding hydrogens is 415 g/mol. The summed E-state index contributed by atoms with van der Waals surface area (Å²) >= 11 is 13.7. The molecule has 0 bridgehead atoms. The van der Waals surface area contributed by atoms with Gasteiger partial charge in [-0.3, -0.25) is 9.69 Å². The minimum absolute atomic E-state index is 0.0916. The van der Waals surface area contributed by atoms with Gasteiger partial charge in [0.2, 0.25) is 5.91 Å². The lowest BCUT2D eigenvalue weighted by Crippen LogP contribution is -2.24. The number of rotatable bonds is 5. The largest absolute Gasteiger partial charge is 0.484 e. The summed E-state index contributed by atoms with van der Waals surface area (Å²) in [4.78, 5) is 18.7. The van der Waals surface area contributed by atoms with E-state index in [2.05, 4.69) is 17.1 Å². The first-order chi connectivity index (χ1) is 13.3. The monoisotopic (exact) mass is 434 g/mol. The van der Waals surface area contributed by atoms with Gasteiger partial charge < -0.3 is 4.74 Å². The van der Waals surface area contributed by atoms with Crippen molar-refractivity contribution in [2.24, 2.45) is 0 Å². The van der Waals surface area contributed by atoms with Gasteiger partial charge in [-0.05, 0) is 44.0 Å². The van der Waals surface area contributed by atoms with Gasteiger partial charge in [-0.1, -0.05) is 47.0 Å². The van der Waals surface area contributed by atoms with Crippen LogP contribution in [0.15, 0.2) is 35.7 Å². The summed E-state index contributed by atoms with van der Waals surface area (Å²) in [7, 11) is 0. The number of halogens is 2. The van der Waals surface area contributed by atoms with Gasteiger partial charge in [0.1, 0.15) is 6.61 Å². The van der Waals surface area contributed by atoms with E-state index in [1.54, 1.807) is 30.0 Å². The highest BCUT2D eigenvalue weighted by atomic mass is 35.5. The van der Waals surface area contributed by atoms with Crippen LogP contribution >= 0.6 is 34.5 Å². The summed E-state index contributed by atoms with van der Waals surface area (Å²) in [5.74, 6) is 0.333. The second kappa shape index (κ2) is 8.52. The standard InChI is InChI=1S/C21H20Cl2N2O2S/c1-12-8-13(2)19(14(3)9-12)25(15(4)26)21-24-16(11-28-21)10-27-20-17(22)6-5-7-18(20)23/h5-9,11H,10H2,1-4H3. The first-order valence-corrected chi connectivity index (χ1v) is 10.3. The third-order valence-electron chi connectivity index (χ3n) is 4.19. The van der Waals surface area contributed by atoms with E-state index in [4.69, 9.17) is 27.9 Å². The smallest absolute Gasteiger partial charge is 0.230 e. The molecule has 4 nitrogen and oxygen atoms in total. The van der Waals surface area contributed by atoms with Crippen molar-refractivity contribution < 1.29 is 9.53 Å². The van der Waals surface area contributed by atoms with Crippen molar-refractivity contribution in [2.75, 3.05) is 4.90 Å². The molecule has 0 saturated carbocycles. The fourth-order valence-corrected chi connectivity index (χ4v) is 4.51. The van der Waals surface area contributed by atoms with E-state index in [0.29, 0.717) is 26.6 Å². The Balaban J connectivity index is 1.88. The molecule has 1 heterocycles. The molecule has 0 spiro atoms. The molecule has 0 aliphatic rings. The lowest BCUT2D eigenvalue weighted by molar-refractivity contribution is -0.115. The van der Waals surface area contributed by atoms with E-state index in [1.807, 2.05) is 26.2 Å². The van der Waals surface area contributed by atoms with Gasteiger partial charge in [0.25, 0.3) is 0 Å². The van der Waals surface area contributed by atoms with Crippen molar-refractivity contribution in [3.63, 3.8) is 0 Å².